The molecule has 1 aromatic heterocycles. The molecule has 0 atom stereocenters. The third kappa shape index (κ3) is 4.65. The summed E-state index contributed by atoms with van der Waals surface area (Å²) in [7, 11) is 0. The van der Waals surface area contributed by atoms with Crippen molar-refractivity contribution in [2.24, 2.45) is 0 Å². The van der Waals surface area contributed by atoms with Crippen molar-refractivity contribution in [1.82, 2.24) is 4.98 Å². The highest BCUT2D eigenvalue weighted by molar-refractivity contribution is 8.01. The van der Waals surface area contributed by atoms with Crippen LogP contribution in [0.5, 0.6) is 0 Å². The summed E-state index contributed by atoms with van der Waals surface area (Å²) in [5.41, 5.74) is 1.96. The number of thiazole rings is 1. The Morgan fingerprint density at radius 1 is 1.30 bits per heavy atom. The maximum atomic E-state index is 11.8. The van der Waals surface area contributed by atoms with Gasteiger partial charge in [0.25, 0.3) is 0 Å². The fourth-order valence-corrected chi connectivity index (χ4v) is 2.88. The van der Waals surface area contributed by atoms with Crippen molar-refractivity contribution in [2.45, 2.75) is 25.5 Å². The minimum absolute atomic E-state index is 0.00103. The number of carbonyl (C=O) groups excluding carboxylic acids is 1. The predicted molar refractivity (Wildman–Crippen MR) is 88.4 cm³/mol. The summed E-state index contributed by atoms with van der Waals surface area (Å²) >= 11 is 3.08. The van der Waals surface area contributed by atoms with Crippen molar-refractivity contribution in [1.29, 1.82) is 0 Å². The van der Waals surface area contributed by atoms with E-state index in [4.69, 9.17) is 0 Å². The van der Waals surface area contributed by atoms with Gasteiger partial charge >= 0.3 is 0 Å². The Labute approximate surface area is 127 Å². The average molecular weight is 306 g/mol. The highest BCUT2D eigenvalue weighted by Gasteiger charge is 2.14. The lowest BCUT2D eigenvalue weighted by Gasteiger charge is -2.16. The van der Waals surface area contributed by atoms with Crippen LogP contribution < -0.4 is 5.32 Å². The minimum atomic E-state index is -0.00103. The Morgan fingerprint density at radius 3 is 2.65 bits per heavy atom. The standard InChI is InChI=1S/C15H18N2OS2/c1-15(2,3)20-10-13(18)17-14-16-12(9-19-14)11-7-5-4-6-8-11/h4-9H,10H2,1-3H3,(H,16,17,18). The number of benzene rings is 1. The highest BCUT2D eigenvalue weighted by Crippen LogP contribution is 2.26. The quantitative estimate of drug-likeness (QED) is 0.916. The smallest absolute Gasteiger partial charge is 0.236 e. The molecular weight excluding hydrogens is 288 g/mol. The third-order valence-electron chi connectivity index (χ3n) is 2.46. The van der Waals surface area contributed by atoms with Gasteiger partial charge in [0, 0.05) is 15.7 Å². The van der Waals surface area contributed by atoms with Gasteiger partial charge in [-0.2, -0.15) is 0 Å². The molecule has 1 N–H and O–H groups in total. The van der Waals surface area contributed by atoms with Gasteiger partial charge in [0.15, 0.2) is 5.13 Å². The molecule has 0 aliphatic carbocycles. The Hall–Kier alpha value is -1.33. The lowest BCUT2D eigenvalue weighted by molar-refractivity contribution is -0.113. The largest absolute Gasteiger partial charge is 0.301 e. The zero-order valence-corrected chi connectivity index (χ0v) is 13.5. The van der Waals surface area contributed by atoms with Gasteiger partial charge in [0.2, 0.25) is 5.91 Å². The van der Waals surface area contributed by atoms with Gasteiger partial charge in [-0.25, -0.2) is 4.98 Å². The highest BCUT2D eigenvalue weighted by atomic mass is 32.2. The van der Waals surface area contributed by atoms with Crippen molar-refractivity contribution >= 4 is 34.1 Å². The van der Waals surface area contributed by atoms with Crippen LogP contribution in [0.25, 0.3) is 11.3 Å². The number of nitrogens with one attached hydrogen (secondary N) is 1. The SMILES string of the molecule is CC(C)(C)SCC(=O)Nc1nc(-c2ccccc2)cs1. The van der Waals surface area contributed by atoms with E-state index in [0.717, 1.165) is 11.3 Å². The number of carbonyl (C=O) groups is 1. The minimum Gasteiger partial charge on any atom is -0.301 e. The second-order valence-corrected chi connectivity index (χ2v) is 8.01. The fourth-order valence-electron chi connectivity index (χ4n) is 1.51. The van der Waals surface area contributed by atoms with Gasteiger partial charge in [-0.05, 0) is 0 Å². The van der Waals surface area contributed by atoms with Gasteiger partial charge in [0.05, 0.1) is 11.4 Å². The second-order valence-electron chi connectivity index (χ2n) is 5.35. The zero-order valence-electron chi connectivity index (χ0n) is 11.8. The summed E-state index contributed by atoms with van der Waals surface area (Å²) in [5, 5.41) is 5.47. The number of hydrogen-bond donors (Lipinski definition) is 1. The van der Waals surface area contributed by atoms with Gasteiger partial charge in [-0.1, -0.05) is 51.1 Å². The van der Waals surface area contributed by atoms with Crippen molar-refractivity contribution in [3.8, 4) is 11.3 Å². The Kier molecular flexibility index (Phi) is 4.83. The summed E-state index contributed by atoms with van der Waals surface area (Å²) in [4.78, 5) is 16.3. The Balaban J connectivity index is 1.95. The summed E-state index contributed by atoms with van der Waals surface area (Å²) in [6.07, 6.45) is 0. The van der Waals surface area contributed by atoms with E-state index in [9.17, 15) is 4.79 Å². The second kappa shape index (κ2) is 6.41. The van der Waals surface area contributed by atoms with Crippen molar-refractivity contribution in [2.75, 3.05) is 11.1 Å². The molecule has 3 nitrogen and oxygen atoms in total. The molecule has 0 aliphatic heterocycles. The van der Waals surface area contributed by atoms with Crippen molar-refractivity contribution in [3.63, 3.8) is 0 Å². The van der Waals surface area contributed by atoms with Crippen LogP contribution in [0, 0.1) is 0 Å². The van der Waals surface area contributed by atoms with E-state index >= 15 is 0 Å². The van der Waals surface area contributed by atoms with Crippen LogP contribution >= 0.6 is 23.1 Å². The number of rotatable bonds is 4. The molecule has 0 bridgehead atoms. The molecule has 0 saturated heterocycles. The zero-order chi connectivity index (χ0) is 14.6. The van der Waals surface area contributed by atoms with Crippen LogP contribution in [0.15, 0.2) is 35.7 Å². The van der Waals surface area contributed by atoms with E-state index in [1.54, 1.807) is 11.8 Å². The molecule has 2 rings (SSSR count). The van der Waals surface area contributed by atoms with Gasteiger partial charge in [-0.3, -0.25) is 4.79 Å². The number of nitrogens with zero attached hydrogens (tertiary/aromatic N) is 1. The Bertz CT molecular complexity index is 573. The molecule has 0 unspecified atom stereocenters. The maximum absolute atomic E-state index is 11.8. The van der Waals surface area contributed by atoms with Crippen molar-refractivity contribution in [3.05, 3.63) is 35.7 Å². The number of hydrogen-bond acceptors (Lipinski definition) is 4. The first kappa shape index (κ1) is 15.1. The molecule has 20 heavy (non-hydrogen) atoms. The molecule has 0 aliphatic rings. The van der Waals surface area contributed by atoms with Crippen LogP contribution in [-0.2, 0) is 4.79 Å². The summed E-state index contributed by atoms with van der Waals surface area (Å²) in [6.45, 7) is 6.30. The molecule has 1 heterocycles. The molecule has 2 aromatic rings. The van der Waals surface area contributed by atoms with Gasteiger partial charge < -0.3 is 5.32 Å². The van der Waals surface area contributed by atoms with Crippen LogP contribution in [-0.4, -0.2) is 21.4 Å². The molecule has 1 aromatic carbocycles. The van der Waals surface area contributed by atoms with Crippen molar-refractivity contribution < 1.29 is 4.79 Å². The molecule has 1 amide bonds. The van der Waals surface area contributed by atoms with E-state index in [1.165, 1.54) is 11.3 Å². The third-order valence-corrected chi connectivity index (χ3v) is 4.49. The van der Waals surface area contributed by atoms with Crippen LogP contribution in [0.4, 0.5) is 5.13 Å². The molecule has 0 saturated carbocycles. The molecule has 5 heteroatoms. The molecular formula is C15H18N2OS2. The lowest BCUT2D eigenvalue weighted by atomic mass is 10.2. The van der Waals surface area contributed by atoms with Crippen LogP contribution in [0.3, 0.4) is 0 Å². The van der Waals surface area contributed by atoms with E-state index in [1.807, 2.05) is 35.7 Å². The Morgan fingerprint density at radius 2 is 2.00 bits per heavy atom. The molecule has 0 radical (unpaired) electrons. The van der Waals surface area contributed by atoms with Crippen LogP contribution in [0.2, 0.25) is 0 Å². The fraction of sp³-hybridized carbons (Fsp3) is 0.333. The molecule has 0 spiro atoms. The summed E-state index contributed by atoms with van der Waals surface area (Å²) in [5.74, 6) is 0.447. The van der Waals surface area contributed by atoms with E-state index in [0.29, 0.717) is 10.9 Å². The van der Waals surface area contributed by atoms with E-state index in [-0.39, 0.29) is 10.7 Å². The van der Waals surface area contributed by atoms with E-state index in [2.05, 4.69) is 31.1 Å². The van der Waals surface area contributed by atoms with Crippen LogP contribution in [0.1, 0.15) is 20.8 Å². The van der Waals surface area contributed by atoms with E-state index < -0.39 is 0 Å². The molecule has 0 fully saturated rings. The topological polar surface area (TPSA) is 42.0 Å². The first-order chi connectivity index (χ1) is 9.44. The monoisotopic (exact) mass is 306 g/mol. The number of aromatic nitrogens is 1. The summed E-state index contributed by atoms with van der Waals surface area (Å²) < 4.78 is 0.0927. The van der Waals surface area contributed by atoms with Gasteiger partial charge in [-0.15, -0.1) is 23.1 Å². The normalized spacial score (nSPS) is 11.3. The maximum Gasteiger partial charge on any atom is 0.236 e. The number of thioether (sulfide) groups is 1. The lowest BCUT2D eigenvalue weighted by Crippen LogP contribution is -2.18. The first-order valence-electron chi connectivity index (χ1n) is 6.39. The van der Waals surface area contributed by atoms with Gasteiger partial charge in [0.1, 0.15) is 0 Å². The number of anilines is 1. The summed E-state index contributed by atoms with van der Waals surface area (Å²) in [6, 6.07) is 9.95. The molecule has 106 valence electrons. The predicted octanol–water partition coefficient (Wildman–Crippen LogP) is 4.28. The average Bonchev–Trinajstić information content (AvgIpc) is 2.85. The first-order valence-corrected chi connectivity index (χ1v) is 8.25. The number of amides is 1.